The number of benzene rings is 1. The molecule has 0 unspecified atom stereocenters. The summed E-state index contributed by atoms with van der Waals surface area (Å²) in [6, 6.07) is 10.1. The van der Waals surface area contributed by atoms with Gasteiger partial charge in [0.15, 0.2) is 0 Å². The number of thiazole rings is 1. The normalized spacial score (nSPS) is 10.7. The molecule has 0 spiro atoms. The van der Waals surface area contributed by atoms with E-state index in [0.717, 1.165) is 28.4 Å². The molecule has 2 heterocycles. The van der Waals surface area contributed by atoms with Crippen molar-refractivity contribution in [1.29, 1.82) is 0 Å². The van der Waals surface area contributed by atoms with Crippen LogP contribution in [0, 0.1) is 0 Å². The highest BCUT2D eigenvalue weighted by Crippen LogP contribution is 2.39. The van der Waals surface area contributed by atoms with E-state index in [1.807, 2.05) is 30.8 Å². The highest BCUT2D eigenvalue weighted by Gasteiger charge is 2.17. The van der Waals surface area contributed by atoms with Crippen LogP contribution in [0.2, 0.25) is 0 Å². The van der Waals surface area contributed by atoms with Crippen LogP contribution in [0.1, 0.15) is 5.69 Å². The number of hydrogen-bond donors (Lipinski definition) is 1. The molecular formula is C14H14N4S2. The fourth-order valence-electron chi connectivity index (χ4n) is 2.06. The zero-order valence-electron chi connectivity index (χ0n) is 11.0. The molecule has 2 N–H and O–H groups in total. The Balaban J connectivity index is 1.94. The van der Waals surface area contributed by atoms with E-state index < -0.39 is 0 Å². The van der Waals surface area contributed by atoms with Crippen LogP contribution in [0.5, 0.6) is 0 Å². The highest BCUT2D eigenvalue weighted by atomic mass is 32.1. The van der Waals surface area contributed by atoms with Crippen LogP contribution in [-0.2, 0) is 6.54 Å². The van der Waals surface area contributed by atoms with Crippen molar-refractivity contribution in [3.05, 3.63) is 46.9 Å². The number of nitrogens with zero attached hydrogens (tertiary/aromatic N) is 3. The lowest BCUT2D eigenvalue weighted by molar-refractivity contribution is 0.905. The molecule has 0 aliphatic rings. The fraction of sp³-hybridized carbons (Fsp3) is 0.143. The molecule has 0 atom stereocenters. The van der Waals surface area contributed by atoms with Crippen LogP contribution in [0.15, 0.2) is 41.2 Å². The standard InChI is InChI=1S/C14H14N4S2/c1-18(7-11-8-19-9-16-11)14-12(13(15)17-20-14)10-5-3-2-4-6-10/h2-6,8-9H,7H2,1H3,(H2,15,17). The van der Waals surface area contributed by atoms with Crippen LogP contribution >= 0.6 is 22.9 Å². The molecule has 0 radical (unpaired) electrons. The Hall–Kier alpha value is -1.92. The summed E-state index contributed by atoms with van der Waals surface area (Å²) in [5.74, 6) is 0.585. The summed E-state index contributed by atoms with van der Waals surface area (Å²) in [6.45, 7) is 0.755. The van der Waals surface area contributed by atoms with Gasteiger partial charge in [-0.2, -0.15) is 4.37 Å². The molecule has 0 aliphatic carbocycles. The number of rotatable bonds is 4. The van der Waals surface area contributed by atoms with Crippen LogP contribution in [0.3, 0.4) is 0 Å². The molecule has 0 fully saturated rings. The minimum Gasteiger partial charge on any atom is -0.382 e. The Morgan fingerprint density at radius 2 is 2.05 bits per heavy atom. The largest absolute Gasteiger partial charge is 0.382 e. The molecule has 0 amide bonds. The van der Waals surface area contributed by atoms with Crippen molar-refractivity contribution in [2.24, 2.45) is 0 Å². The summed E-state index contributed by atoms with van der Waals surface area (Å²) in [7, 11) is 2.04. The van der Waals surface area contributed by atoms with Gasteiger partial charge >= 0.3 is 0 Å². The monoisotopic (exact) mass is 302 g/mol. The second-order valence-electron chi connectivity index (χ2n) is 4.45. The summed E-state index contributed by atoms with van der Waals surface area (Å²) >= 11 is 3.04. The Kier molecular flexibility index (Phi) is 3.66. The number of nitrogens with two attached hydrogens (primary N) is 1. The van der Waals surface area contributed by atoms with Gasteiger partial charge in [0.2, 0.25) is 0 Å². The molecule has 1 aromatic carbocycles. The third kappa shape index (κ3) is 2.52. The topological polar surface area (TPSA) is 55.0 Å². The van der Waals surface area contributed by atoms with Crippen LogP contribution in [-0.4, -0.2) is 16.4 Å². The fourth-order valence-corrected chi connectivity index (χ4v) is 3.40. The summed E-state index contributed by atoms with van der Waals surface area (Å²) in [5.41, 5.74) is 11.1. The first-order chi connectivity index (χ1) is 9.75. The lowest BCUT2D eigenvalue weighted by atomic mass is 10.1. The minimum absolute atomic E-state index is 0.585. The van der Waals surface area contributed by atoms with E-state index in [-0.39, 0.29) is 0 Å². The van der Waals surface area contributed by atoms with Gasteiger partial charge in [-0.1, -0.05) is 30.3 Å². The third-order valence-corrected chi connectivity index (χ3v) is 4.60. The molecule has 3 aromatic rings. The van der Waals surface area contributed by atoms with Gasteiger partial charge in [-0.3, -0.25) is 0 Å². The smallest absolute Gasteiger partial charge is 0.147 e. The van der Waals surface area contributed by atoms with Crippen molar-refractivity contribution >= 4 is 33.7 Å². The van der Waals surface area contributed by atoms with Gasteiger partial charge in [0, 0.05) is 12.4 Å². The maximum absolute atomic E-state index is 6.04. The van der Waals surface area contributed by atoms with E-state index in [2.05, 4.69) is 31.8 Å². The molecule has 3 rings (SSSR count). The molecule has 102 valence electrons. The number of anilines is 2. The lowest BCUT2D eigenvalue weighted by Crippen LogP contribution is -2.16. The van der Waals surface area contributed by atoms with Crippen molar-refractivity contribution in [1.82, 2.24) is 9.36 Å². The average Bonchev–Trinajstić information content (AvgIpc) is 3.09. The van der Waals surface area contributed by atoms with Gasteiger partial charge in [0.25, 0.3) is 0 Å². The first-order valence-corrected chi connectivity index (χ1v) is 7.86. The quantitative estimate of drug-likeness (QED) is 0.801. The Morgan fingerprint density at radius 3 is 2.75 bits per heavy atom. The molecule has 20 heavy (non-hydrogen) atoms. The van der Waals surface area contributed by atoms with Gasteiger partial charge in [0.05, 0.1) is 23.3 Å². The van der Waals surface area contributed by atoms with E-state index in [1.54, 1.807) is 11.3 Å². The summed E-state index contributed by atoms with van der Waals surface area (Å²) in [5, 5.41) is 3.13. The van der Waals surface area contributed by atoms with E-state index in [4.69, 9.17) is 5.73 Å². The average molecular weight is 302 g/mol. The summed E-state index contributed by atoms with van der Waals surface area (Å²) in [6.07, 6.45) is 0. The van der Waals surface area contributed by atoms with Gasteiger partial charge in [-0.15, -0.1) is 11.3 Å². The Labute approximate surface area is 125 Å². The second kappa shape index (κ2) is 5.60. The van der Waals surface area contributed by atoms with Crippen molar-refractivity contribution in [3.8, 4) is 11.1 Å². The molecule has 2 aromatic heterocycles. The first kappa shape index (κ1) is 13.1. The second-order valence-corrected chi connectivity index (χ2v) is 5.92. The maximum Gasteiger partial charge on any atom is 0.147 e. The van der Waals surface area contributed by atoms with Gasteiger partial charge in [-0.05, 0) is 17.1 Å². The van der Waals surface area contributed by atoms with E-state index in [9.17, 15) is 0 Å². The number of nitrogen functional groups attached to an aromatic ring is 1. The van der Waals surface area contributed by atoms with Crippen LogP contribution in [0.4, 0.5) is 10.8 Å². The lowest BCUT2D eigenvalue weighted by Gasteiger charge is -2.17. The predicted molar refractivity (Wildman–Crippen MR) is 86.2 cm³/mol. The molecular weight excluding hydrogens is 288 g/mol. The summed E-state index contributed by atoms with van der Waals surface area (Å²) in [4.78, 5) is 6.47. The molecule has 0 aliphatic heterocycles. The van der Waals surface area contributed by atoms with Gasteiger partial charge < -0.3 is 10.6 Å². The maximum atomic E-state index is 6.04. The van der Waals surface area contributed by atoms with Gasteiger partial charge in [0.1, 0.15) is 10.8 Å². The van der Waals surface area contributed by atoms with E-state index in [0.29, 0.717) is 5.82 Å². The minimum atomic E-state index is 0.585. The van der Waals surface area contributed by atoms with Crippen molar-refractivity contribution in [2.75, 3.05) is 17.7 Å². The van der Waals surface area contributed by atoms with E-state index >= 15 is 0 Å². The zero-order valence-corrected chi connectivity index (χ0v) is 12.6. The molecule has 0 saturated heterocycles. The third-order valence-electron chi connectivity index (χ3n) is 2.99. The first-order valence-electron chi connectivity index (χ1n) is 6.14. The molecule has 0 bridgehead atoms. The molecule has 0 saturated carbocycles. The van der Waals surface area contributed by atoms with Crippen molar-refractivity contribution in [2.45, 2.75) is 6.54 Å². The number of hydrogen-bond acceptors (Lipinski definition) is 6. The summed E-state index contributed by atoms with van der Waals surface area (Å²) < 4.78 is 4.30. The van der Waals surface area contributed by atoms with Crippen LogP contribution < -0.4 is 10.6 Å². The van der Waals surface area contributed by atoms with E-state index in [1.165, 1.54) is 11.5 Å². The SMILES string of the molecule is CN(Cc1cscn1)c1snc(N)c1-c1ccccc1. The Bertz CT molecular complexity index is 677. The Morgan fingerprint density at radius 1 is 1.25 bits per heavy atom. The molecule has 6 heteroatoms. The number of aromatic nitrogens is 2. The van der Waals surface area contributed by atoms with Gasteiger partial charge in [-0.25, -0.2) is 4.98 Å². The van der Waals surface area contributed by atoms with Crippen molar-refractivity contribution < 1.29 is 0 Å². The van der Waals surface area contributed by atoms with Crippen molar-refractivity contribution in [3.63, 3.8) is 0 Å². The molecule has 4 nitrogen and oxygen atoms in total. The zero-order chi connectivity index (χ0) is 13.9. The highest BCUT2D eigenvalue weighted by molar-refractivity contribution is 7.11. The van der Waals surface area contributed by atoms with Crippen LogP contribution in [0.25, 0.3) is 11.1 Å². The predicted octanol–water partition coefficient (Wildman–Crippen LogP) is 3.49.